The molecule has 1 aliphatic heterocycles. The fourth-order valence-corrected chi connectivity index (χ4v) is 2.94. The van der Waals surface area contributed by atoms with Crippen LogP contribution in [-0.4, -0.2) is 33.9 Å². The summed E-state index contributed by atoms with van der Waals surface area (Å²) in [7, 11) is 0. The van der Waals surface area contributed by atoms with Gasteiger partial charge in [0.05, 0.1) is 12.1 Å². The van der Waals surface area contributed by atoms with Gasteiger partial charge in [0.1, 0.15) is 0 Å². The quantitative estimate of drug-likeness (QED) is 0.940. The fraction of sp³-hybridized carbons (Fsp3) is 0.353. The highest BCUT2D eigenvalue weighted by Gasteiger charge is 2.25. The highest BCUT2D eigenvalue weighted by atomic mass is 16.2. The molecule has 1 atom stereocenters. The molecule has 0 saturated carbocycles. The van der Waals surface area contributed by atoms with Gasteiger partial charge in [0, 0.05) is 25.2 Å². The number of likely N-dealkylation sites (tertiary alicyclic amines) is 1. The fourth-order valence-electron chi connectivity index (χ4n) is 2.94. The summed E-state index contributed by atoms with van der Waals surface area (Å²) in [4.78, 5) is 22.7. The minimum atomic E-state index is 0.179. The van der Waals surface area contributed by atoms with Gasteiger partial charge < -0.3 is 10.6 Å². The molecule has 1 unspecified atom stereocenters. The zero-order valence-electron chi connectivity index (χ0n) is 12.5. The molecule has 5 nitrogen and oxygen atoms in total. The van der Waals surface area contributed by atoms with Crippen molar-refractivity contribution in [1.29, 1.82) is 0 Å². The Hall–Kier alpha value is -2.43. The van der Waals surface area contributed by atoms with Crippen molar-refractivity contribution in [2.24, 2.45) is 0 Å². The molecule has 1 amide bonds. The third-order valence-corrected chi connectivity index (χ3v) is 4.09. The van der Waals surface area contributed by atoms with Crippen molar-refractivity contribution in [2.75, 3.05) is 18.8 Å². The van der Waals surface area contributed by atoms with E-state index >= 15 is 0 Å². The van der Waals surface area contributed by atoms with Gasteiger partial charge in [-0.3, -0.25) is 4.79 Å². The number of hydrogen-bond acceptors (Lipinski definition) is 4. The Balaban J connectivity index is 1.66. The molecule has 22 heavy (non-hydrogen) atoms. The van der Waals surface area contributed by atoms with Gasteiger partial charge in [-0.25, -0.2) is 9.97 Å². The van der Waals surface area contributed by atoms with Gasteiger partial charge in [0.25, 0.3) is 0 Å². The van der Waals surface area contributed by atoms with Crippen molar-refractivity contribution in [3.05, 3.63) is 53.9 Å². The molecule has 1 saturated heterocycles. The number of amides is 1. The molecule has 1 aromatic heterocycles. The van der Waals surface area contributed by atoms with E-state index in [1.54, 1.807) is 6.20 Å². The van der Waals surface area contributed by atoms with Crippen molar-refractivity contribution in [3.8, 4) is 0 Å². The molecule has 5 heteroatoms. The normalized spacial score (nSPS) is 18.2. The van der Waals surface area contributed by atoms with Crippen LogP contribution in [0.2, 0.25) is 0 Å². The summed E-state index contributed by atoms with van der Waals surface area (Å²) in [6, 6.07) is 11.8. The molecule has 0 radical (unpaired) electrons. The van der Waals surface area contributed by atoms with Crippen LogP contribution in [0.3, 0.4) is 0 Å². The summed E-state index contributed by atoms with van der Waals surface area (Å²) in [5.74, 6) is 0.724. The van der Waals surface area contributed by atoms with E-state index < -0.39 is 0 Å². The zero-order valence-corrected chi connectivity index (χ0v) is 12.5. The maximum atomic E-state index is 12.5. The average Bonchev–Trinajstić information content (AvgIpc) is 2.56. The van der Waals surface area contributed by atoms with Gasteiger partial charge in [0.2, 0.25) is 11.9 Å². The Labute approximate surface area is 130 Å². The number of nitrogens with zero attached hydrogens (tertiary/aromatic N) is 3. The molecular formula is C17H20N4O. The lowest BCUT2D eigenvalue weighted by Crippen LogP contribution is -2.40. The Kier molecular flexibility index (Phi) is 4.32. The number of piperidine rings is 1. The van der Waals surface area contributed by atoms with Crippen molar-refractivity contribution < 1.29 is 4.79 Å². The first-order valence-electron chi connectivity index (χ1n) is 7.62. The van der Waals surface area contributed by atoms with Crippen LogP contribution < -0.4 is 5.73 Å². The van der Waals surface area contributed by atoms with Crippen molar-refractivity contribution >= 4 is 11.9 Å². The number of nitrogens with two attached hydrogens (primary N) is 1. The Morgan fingerprint density at radius 3 is 2.86 bits per heavy atom. The predicted octanol–water partition coefficient (Wildman–Crippen LogP) is 2.01. The first-order valence-corrected chi connectivity index (χ1v) is 7.62. The number of nitrogen functional groups attached to an aromatic ring is 1. The van der Waals surface area contributed by atoms with Crippen LogP contribution in [0.25, 0.3) is 0 Å². The maximum Gasteiger partial charge on any atom is 0.227 e. The van der Waals surface area contributed by atoms with E-state index in [0.29, 0.717) is 18.9 Å². The molecule has 3 rings (SSSR count). The Morgan fingerprint density at radius 1 is 1.27 bits per heavy atom. The van der Waals surface area contributed by atoms with Crippen LogP contribution in [0.15, 0.2) is 42.6 Å². The Bertz CT molecular complexity index is 644. The molecule has 1 fully saturated rings. The molecule has 1 aliphatic rings. The smallest absolute Gasteiger partial charge is 0.227 e. The van der Waals surface area contributed by atoms with E-state index in [1.807, 2.05) is 41.3 Å². The molecule has 0 aliphatic carbocycles. The number of benzene rings is 1. The second kappa shape index (κ2) is 6.56. The number of hydrogen-bond donors (Lipinski definition) is 1. The zero-order chi connectivity index (χ0) is 15.4. The highest BCUT2D eigenvalue weighted by molar-refractivity contribution is 5.79. The maximum absolute atomic E-state index is 12.5. The second-order valence-electron chi connectivity index (χ2n) is 5.68. The minimum Gasteiger partial charge on any atom is -0.368 e. The van der Waals surface area contributed by atoms with Crippen LogP contribution in [0.1, 0.15) is 30.0 Å². The van der Waals surface area contributed by atoms with E-state index in [0.717, 1.165) is 30.6 Å². The van der Waals surface area contributed by atoms with Crippen LogP contribution in [0.4, 0.5) is 5.95 Å². The molecular weight excluding hydrogens is 276 g/mol. The molecule has 114 valence electrons. The molecule has 2 aromatic rings. The summed E-state index contributed by atoms with van der Waals surface area (Å²) in [5.41, 5.74) is 7.65. The van der Waals surface area contributed by atoms with Crippen LogP contribution in [0.5, 0.6) is 0 Å². The average molecular weight is 296 g/mol. The minimum absolute atomic E-state index is 0.179. The van der Waals surface area contributed by atoms with E-state index in [1.165, 1.54) is 0 Å². The number of carbonyl (C=O) groups excluding carboxylic acids is 1. The van der Waals surface area contributed by atoms with E-state index in [4.69, 9.17) is 5.73 Å². The Morgan fingerprint density at radius 2 is 2.09 bits per heavy atom. The first kappa shape index (κ1) is 14.5. The van der Waals surface area contributed by atoms with Crippen molar-refractivity contribution in [1.82, 2.24) is 14.9 Å². The lowest BCUT2D eigenvalue weighted by atomic mass is 9.94. The van der Waals surface area contributed by atoms with Gasteiger partial charge in [-0.2, -0.15) is 0 Å². The molecule has 1 aromatic carbocycles. The molecule has 2 heterocycles. The predicted molar refractivity (Wildman–Crippen MR) is 85.1 cm³/mol. The third kappa shape index (κ3) is 3.42. The largest absolute Gasteiger partial charge is 0.368 e. The van der Waals surface area contributed by atoms with Crippen molar-refractivity contribution in [3.63, 3.8) is 0 Å². The lowest BCUT2D eigenvalue weighted by molar-refractivity contribution is -0.131. The SMILES string of the molecule is Nc1nccc(C2CCCN(C(=O)Cc3ccccc3)C2)n1. The van der Waals surface area contributed by atoms with E-state index in [9.17, 15) is 4.79 Å². The molecule has 2 N–H and O–H groups in total. The lowest BCUT2D eigenvalue weighted by Gasteiger charge is -2.32. The van der Waals surface area contributed by atoms with Crippen LogP contribution >= 0.6 is 0 Å². The number of rotatable bonds is 3. The van der Waals surface area contributed by atoms with Gasteiger partial charge in [-0.1, -0.05) is 30.3 Å². The standard InChI is InChI=1S/C17H20N4O/c18-17-19-9-8-15(20-17)14-7-4-10-21(12-14)16(22)11-13-5-2-1-3-6-13/h1-3,5-6,8-9,14H,4,7,10-12H2,(H2,18,19,20). The summed E-state index contributed by atoms with van der Waals surface area (Å²) in [6.45, 7) is 1.53. The third-order valence-electron chi connectivity index (χ3n) is 4.09. The highest BCUT2D eigenvalue weighted by Crippen LogP contribution is 2.26. The van der Waals surface area contributed by atoms with Crippen molar-refractivity contribution in [2.45, 2.75) is 25.2 Å². The molecule has 0 bridgehead atoms. The van der Waals surface area contributed by atoms with Gasteiger partial charge in [0.15, 0.2) is 0 Å². The van der Waals surface area contributed by atoms with Crippen LogP contribution in [-0.2, 0) is 11.2 Å². The second-order valence-corrected chi connectivity index (χ2v) is 5.68. The van der Waals surface area contributed by atoms with E-state index in [2.05, 4.69) is 9.97 Å². The summed E-state index contributed by atoms with van der Waals surface area (Å²) in [5, 5.41) is 0. The number of aromatic nitrogens is 2. The number of anilines is 1. The monoisotopic (exact) mass is 296 g/mol. The van der Waals surface area contributed by atoms with Crippen LogP contribution in [0, 0.1) is 0 Å². The van der Waals surface area contributed by atoms with Gasteiger partial charge >= 0.3 is 0 Å². The first-order chi connectivity index (χ1) is 10.7. The summed E-state index contributed by atoms with van der Waals surface area (Å²) in [6.07, 6.45) is 4.17. The summed E-state index contributed by atoms with van der Waals surface area (Å²) < 4.78 is 0. The van der Waals surface area contributed by atoms with E-state index in [-0.39, 0.29) is 11.8 Å². The number of carbonyl (C=O) groups is 1. The summed E-state index contributed by atoms with van der Waals surface area (Å²) >= 11 is 0. The molecule has 0 spiro atoms. The topological polar surface area (TPSA) is 72.1 Å². The van der Waals surface area contributed by atoms with Gasteiger partial charge in [-0.15, -0.1) is 0 Å². The van der Waals surface area contributed by atoms with Gasteiger partial charge in [-0.05, 0) is 24.5 Å².